The van der Waals surface area contributed by atoms with Crippen molar-refractivity contribution in [1.29, 1.82) is 0 Å². The van der Waals surface area contributed by atoms with E-state index in [2.05, 4.69) is 33.1 Å². The lowest BCUT2D eigenvalue weighted by atomic mass is 9.84. The Labute approximate surface area is 140 Å². The Morgan fingerprint density at radius 1 is 0.870 bits per heavy atom. The van der Waals surface area contributed by atoms with E-state index in [9.17, 15) is 0 Å². The van der Waals surface area contributed by atoms with E-state index in [0.717, 1.165) is 43.8 Å². The molecule has 0 amide bonds. The number of nitrogens with zero attached hydrogens (tertiary/aromatic N) is 3. The highest BCUT2D eigenvalue weighted by atomic mass is 16.5. The van der Waals surface area contributed by atoms with Crippen molar-refractivity contribution in [1.82, 2.24) is 10.0 Å². The monoisotopic (exact) mass is 315 g/mol. The van der Waals surface area contributed by atoms with Crippen LogP contribution in [0.3, 0.4) is 0 Å². The van der Waals surface area contributed by atoms with Crippen LogP contribution < -0.4 is 9.64 Å². The number of fused-ring (bicyclic) bond motifs is 4. The number of anilines is 1. The number of hydrogen-bond donors (Lipinski definition) is 0. The lowest BCUT2D eigenvalue weighted by Gasteiger charge is -2.42. The van der Waals surface area contributed by atoms with E-state index in [4.69, 9.17) is 4.74 Å². The third kappa shape index (κ3) is 3.33. The number of ether oxygens (including phenoxy) is 1. The van der Waals surface area contributed by atoms with Gasteiger partial charge in [0.05, 0.1) is 7.11 Å². The van der Waals surface area contributed by atoms with Gasteiger partial charge in [0, 0.05) is 51.0 Å². The maximum atomic E-state index is 5.36. The Bertz CT molecular complexity index is 505. The van der Waals surface area contributed by atoms with Crippen molar-refractivity contribution in [3.8, 4) is 5.75 Å². The summed E-state index contributed by atoms with van der Waals surface area (Å²) in [4.78, 5) is 2.49. The lowest BCUT2D eigenvalue weighted by Crippen LogP contribution is -2.54. The zero-order valence-corrected chi connectivity index (χ0v) is 14.3. The Hall–Kier alpha value is -1.26. The fourth-order valence-corrected chi connectivity index (χ4v) is 4.54. The first kappa shape index (κ1) is 15.3. The summed E-state index contributed by atoms with van der Waals surface area (Å²) in [5.74, 6) is 2.85. The second-order valence-corrected chi connectivity index (χ2v) is 7.40. The first-order valence-corrected chi connectivity index (χ1v) is 9.20. The summed E-state index contributed by atoms with van der Waals surface area (Å²) in [5, 5.41) is 5.32. The van der Waals surface area contributed by atoms with Gasteiger partial charge in [-0.1, -0.05) is 6.07 Å². The predicted molar refractivity (Wildman–Crippen MR) is 93.8 cm³/mol. The van der Waals surface area contributed by atoms with Crippen molar-refractivity contribution in [3.63, 3.8) is 0 Å². The fourth-order valence-electron chi connectivity index (χ4n) is 4.54. The number of methoxy groups -OCH3 is 1. The molecule has 3 heterocycles. The molecule has 0 unspecified atom stereocenters. The van der Waals surface area contributed by atoms with E-state index < -0.39 is 0 Å². The molecule has 4 heteroatoms. The van der Waals surface area contributed by atoms with Crippen molar-refractivity contribution in [2.75, 3.05) is 51.3 Å². The molecule has 2 bridgehead atoms. The van der Waals surface area contributed by atoms with Gasteiger partial charge in [-0.2, -0.15) is 0 Å². The summed E-state index contributed by atoms with van der Waals surface area (Å²) in [6.07, 6.45) is 5.85. The standard InChI is InChI=1S/C19H29N3O/c1-23-19-4-2-3-18(13-19)20-9-11-21(12-10-20)22-14-16-5-6-17(15-22)8-7-16/h2-4,13,16-17H,5-12,14-15H2,1H3. The largest absolute Gasteiger partial charge is 0.497 e. The van der Waals surface area contributed by atoms with Crippen molar-refractivity contribution in [3.05, 3.63) is 24.3 Å². The molecule has 3 aliphatic heterocycles. The Morgan fingerprint density at radius 3 is 2.13 bits per heavy atom. The van der Waals surface area contributed by atoms with Crippen LogP contribution in [0.1, 0.15) is 25.7 Å². The average Bonchev–Trinajstić information content (AvgIpc) is 2.96. The van der Waals surface area contributed by atoms with E-state index in [1.807, 2.05) is 6.07 Å². The number of piperazine rings is 1. The summed E-state index contributed by atoms with van der Waals surface area (Å²) >= 11 is 0. The number of hydrazine groups is 1. The molecule has 0 radical (unpaired) electrons. The molecule has 5 rings (SSSR count). The molecule has 4 fully saturated rings. The van der Waals surface area contributed by atoms with Gasteiger partial charge in [0.25, 0.3) is 0 Å². The molecular formula is C19H29N3O. The first-order chi connectivity index (χ1) is 11.3. The second-order valence-electron chi connectivity index (χ2n) is 7.40. The SMILES string of the molecule is COc1cccc(N2CCN(N3CC4CCC(CC4)C3)CC2)c1. The van der Waals surface area contributed by atoms with Crippen LogP contribution in [-0.2, 0) is 0 Å². The third-order valence-electron chi connectivity index (χ3n) is 5.98. The topological polar surface area (TPSA) is 19.0 Å². The van der Waals surface area contributed by atoms with E-state index in [-0.39, 0.29) is 0 Å². The minimum absolute atomic E-state index is 0.949. The van der Waals surface area contributed by atoms with E-state index in [1.165, 1.54) is 44.5 Å². The van der Waals surface area contributed by atoms with Crippen LogP contribution in [0.15, 0.2) is 24.3 Å². The highest BCUT2D eigenvalue weighted by Gasteiger charge is 2.33. The zero-order chi connectivity index (χ0) is 15.6. The molecule has 1 aliphatic carbocycles. The van der Waals surface area contributed by atoms with Gasteiger partial charge in [0.1, 0.15) is 5.75 Å². The van der Waals surface area contributed by atoms with Crippen LogP contribution in [0.5, 0.6) is 5.75 Å². The van der Waals surface area contributed by atoms with Gasteiger partial charge in [-0.15, -0.1) is 0 Å². The van der Waals surface area contributed by atoms with Gasteiger partial charge in [-0.3, -0.25) is 0 Å². The summed E-state index contributed by atoms with van der Waals surface area (Å²) in [6.45, 7) is 7.12. The molecule has 126 valence electrons. The molecule has 1 aromatic carbocycles. The summed E-state index contributed by atoms with van der Waals surface area (Å²) in [6, 6.07) is 8.46. The highest BCUT2D eigenvalue weighted by molar-refractivity contribution is 5.51. The molecular weight excluding hydrogens is 286 g/mol. The van der Waals surface area contributed by atoms with Crippen LogP contribution in [-0.4, -0.2) is 56.4 Å². The van der Waals surface area contributed by atoms with Crippen molar-refractivity contribution in [2.24, 2.45) is 11.8 Å². The third-order valence-corrected chi connectivity index (χ3v) is 5.98. The molecule has 0 atom stereocenters. The Kier molecular flexibility index (Phi) is 4.45. The van der Waals surface area contributed by atoms with Crippen LogP contribution in [0.4, 0.5) is 5.69 Å². The van der Waals surface area contributed by atoms with Crippen LogP contribution in [0, 0.1) is 11.8 Å². The lowest BCUT2D eigenvalue weighted by molar-refractivity contribution is -0.0368. The maximum Gasteiger partial charge on any atom is 0.120 e. The number of rotatable bonds is 3. The second kappa shape index (κ2) is 6.70. The van der Waals surface area contributed by atoms with Crippen LogP contribution in [0.2, 0.25) is 0 Å². The molecule has 0 spiro atoms. The molecule has 23 heavy (non-hydrogen) atoms. The van der Waals surface area contributed by atoms with E-state index in [0.29, 0.717) is 0 Å². The van der Waals surface area contributed by atoms with Crippen molar-refractivity contribution >= 4 is 5.69 Å². The summed E-state index contributed by atoms with van der Waals surface area (Å²) < 4.78 is 5.36. The van der Waals surface area contributed by atoms with E-state index >= 15 is 0 Å². The predicted octanol–water partition coefficient (Wildman–Crippen LogP) is 2.85. The molecule has 0 aromatic heterocycles. The maximum absolute atomic E-state index is 5.36. The average molecular weight is 315 g/mol. The summed E-state index contributed by atoms with van der Waals surface area (Å²) in [7, 11) is 1.74. The van der Waals surface area contributed by atoms with Gasteiger partial charge in [-0.05, 0) is 49.7 Å². The molecule has 4 nitrogen and oxygen atoms in total. The molecule has 4 aliphatic rings. The number of benzene rings is 1. The summed E-state index contributed by atoms with van der Waals surface area (Å²) in [5.41, 5.74) is 1.29. The van der Waals surface area contributed by atoms with Crippen LogP contribution >= 0.6 is 0 Å². The normalized spacial score (nSPS) is 29.5. The van der Waals surface area contributed by atoms with Crippen molar-refractivity contribution < 1.29 is 4.74 Å². The fraction of sp³-hybridized carbons (Fsp3) is 0.684. The molecule has 3 saturated heterocycles. The minimum Gasteiger partial charge on any atom is -0.497 e. The quantitative estimate of drug-likeness (QED) is 0.854. The minimum atomic E-state index is 0.949. The van der Waals surface area contributed by atoms with Gasteiger partial charge in [0.2, 0.25) is 0 Å². The van der Waals surface area contributed by atoms with E-state index in [1.54, 1.807) is 7.11 Å². The zero-order valence-electron chi connectivity index (χ0n) is 14.3. The smallest absolute Gasteiger partial charge is 0.120 e. The van der Waals surface area contributed by atoms with Gasteiger partial charge in [0.15, 0.2) is 0 Å². The molecule has 0 N–H and O–H groups in total. The van der Waals surface area contributed by atoms with Crippen molar-refractivity contribution in [2.45, 2.75) is 25.7 Å². The number of hydrogen-bond acceptors (Lipinski definition) is 4. The Balaban J connectivity index is 1.37. The van der Waals surface area contributed by atoms with Gasteiger partial charge >= 0.3 is 0 Å². The first-order valence-electron chi connectivity index (χ1n) is 9.20. The highest BCUT2D eigenvalue weighted by Crippen LogP contribution is 2.34. The van der Waals surface area contributed by atoms with Crippen LogP contribution in [0.25, 0.3) is 0 Å². The van der Waals surface area contributed by atoms with Gasteiger partial charge < -0.3 is 9.64 Å². The van der Waals surface area contributed by atoms with Gasteiger partial charge in [-0.25, -0.2) is 10.0 Å². The molecule has 1 saturated carbocycles. The Morgan fingerprint density at radius 2 is 1.52 bits per heavy atom. The molecule has 1 aromatic rings.